The smallest absolute Gasteiger partial charge is 0.408 e. The molecule has 9 nitrogen and oxygen atoms in total. The molecule has 0 aromatic heterocycles. The zero-order chi connectivity index (χ0) is 28.2. The van der Waals surface area contributed by atoms with Gasteiger partial charge in [-0.05, 0) is 56.7 Å². The fourth-order valence-corrected chi connectivity index (χ4v) is 3.69. The minimum absolute atomic E-state index is 0.0765. The summed E-state index contributed by atoms with van der Waals surface area (Å²) in [5, 5.41) is 5.30. The highest BCUT2D eigenvalue weighted by Crippen LogP contribution is 2.25. The van der Waals surface area contributed by atoms with Gasteiger partial charge in [0.15, 0.2) is 0 Å². The molecule has 37 heavy (non-hydrogen) atoms. The number of unbranched alkanes of at least 4 members (excludes halogenated alkanes) is 1. The van der Waals surface area contributed by atoms with Crippen molar-refractivity contribution in [3.63, 3.8) is 0 Å². The highest BCUT2D eigenvalue weighted by Gasteiger charge is 2.36. The van der Waals surface area contributed by atoms with E-state index < -0.39 is 41.6 Å². The van der Waals surface area contributed by atoms with Crippen LogP contribution in [0.1, 0.15) is 78.0 Å². The molecule has 0 aliphatic carbocycles. The topological polar surface area (TPSA) is 114 Å². The highest BCUT2D eigenvalue weighted by atomic mass is 16.6. The van der Waals surface area contributed by atoms with Gasteiger partial charge in [0.25, 0.3) is 0 Å². The average molecular weight is 518 g/mol. The van der Waals surface area contributed by atoms with Crippen LogP contribution in [0, 0.1) is 5.92 Å². The fraction of sp³-hybridized carbons (Fsp3) is 0.571. The number of carbonyl (C=O) groups is 4. The molecule has 0 saturated carbocycles. The number of hydrogen-bond donors (Lipinski definition) is 2. The van der Waals surface area contributed by atoms with Crippen LogP contribution >= 0.6 is 0 Å². The maximum atomic E-state index is 14.0. The number of ether oxygens (including phenoxy) is 2. The van der Waals surface area contributed by atoms with Gasteiger partial charge in [0.05, 0.1) is 7.11 Å². The molecule has 2 unspecified atom stereocenters. The number of amides is 3. The number of hydrogen-bond acceptors (Lipinski definition) is 6. The molecule has 2 atom stereocenters. The second kappa shape index (κ2) is 15.0. The average Bonchev–Trinajstić information content (AvgIpc) is 2.82. The van der Waals surface area contributed by atoms with Gasteiger partial charge in [-0.2, -0.15) is 0 Å². The summed E-state index contributed by atoms with van der Waals surface area (Å²) in [6.45, 7) is 14.8. The molecule has 0 bridgehead atoms. The van der Waals surface area contributed by atoms with Crippen LogP contribution in [0.3, 0.4) is 0 Å². The summed E-state index contributed by atoms with van der Waals surface area (Å²) in [6, 6.07) is 5.19. The number of carbonyl (C=O) groups excluding carboxylic acids is 4. The lowest BCUT2D eigenvalue weighted by Gasteiger charge is -2.35. The molecule has 206 valence electrons. The lowest BCUT2D eigenvalue weighted by atomic mass is 9.97. The Labute approximate surface area is 221 Å². The minimum Gasteiger partial charge on any atom is -0.468 e. The monoisotopic (exact) mass is 517 g/mol. The summed E-state index contributed by atoms with van der Waals surface area (Å²) in [4.78, 5) is 53.3. The molecule has 0 saturated heterocycles. The Hall–Kier alpha value is -3.36. The Bertz CT molecular complexity index is 938. The summed E-state index contributed by atoms with van der Waals surface area (Å²) in [5.41, 5.74) is 0.598. The van der Waals surface area contributed by atoms with E-state index in [2.05, 4.69) is 21.9 Å². The van der Waals surface area contributed by atoms with Crippen LogP contribution in [-0.4, -0.2) is 60.6 Å². The van der Waals surface area contributed by atoms with E-state index in [0.29, 0.717) is 18.4 Å². The standard InChI is InChI=1S/C28H43N3O6/c1-9-11-15-31(26(34)22(16-19(3)4)30-27(35)37-28(5,6)7)24(25(33)29-18-23(32)36-8)21-14-12-13-20(10-2)17-21/h10,12-14,17,19,22,24H,2,9,11,15-16,18H2,1,3-8H3,(H,29,33)(H,30,35). The van der Waals surface area contributed by atoms with Gasteiger partial charge >= 0.3 is 12.1 Å². The Morgan fingerprint density at radius 1 is 1.16 bits per heavy atom. The van der Waals surface area contributed by atoms with Gasteiger partial charge in [0, 0.05) is 6.54 Å². The Morgan fingerprint density at radius 2 is 1.84 bits per heavy atom. The lowest BCUT2D eigenvalue weighted by molar-refractivity contribution is -0.145. The Morgan fingerprint density at radius 3 is 2.38 bits per heavy atom. The molecule has 0 heterocycles. The second-order valence-corrected chi connectivity index (χ2v) is 10.3. The zero-order valence-electron chi connectivity index (χ0n) is 23.3. The van der Waals surface area contributed by atoms with Gasteiger partial charge in [-0.1, -0.05) is 58.0 Å². The highest BCUT2D eigenvalue weighted by molar-refractivity contribution is 5.93. The molecule has 0 radical (unpaired) electrons. The van der Waals surface area contributed by atoms with E-state index in [-0.39, 0.29) is 19.0 Å². The molecule has 1 rings (SSSR count). The van der Waals surface area contributed by atoms with Crippen LogP contribution in [0.2, 0.25) is 0 Å². The van der Waals surface area contributed by atoms with Crippen LogP contribution in [0.5, 0.6) is 0 Å². The Kier molecular flexibility index (Phi) is 12.9. The first-order valence-electron chi connectivity index (χ1n) is 12.7. The second-order valence-electron chi connectivity index (χ2n) is 10.3. The van der Waals surface area contributed by atoms with Gasteiger partial charge < -0.3 is 25.0 Å². The van der Waals surface area contributed by atoms with Crippen molar-refractivity contribution in [2.24, 2.45) is 5.92 Å². The summed E-state index contributed by atoms with van der Waals surface area (Å²) in [7, 11) is 1.23. The van der Waals surface area contributed by atoms with Gasteiger partial charge in [0.2, 0.25) is 11.8 Å². The van der Waals surface area contributed by atoms with E-state index in [9.17, 15) is 19.2 Å². The normalized spacial score (nSPS) is 12.8. The quantitative estimate of drug-likeness (QED) is 0.379. The Balaban J connectivity index is 3.51. The third kappa shape index (κ3) is 11.1. The van der Waals surface area contributed by atoms with Crippen molar-refractivity contribution in [3.05, 3.63) is 42.0 Å². The number of alkyl carbamates (subject to hydrolysis) is 1. The summed E-state index contributed by atoms with van der Waals surface area (Å²) < 4.78 is 10.1. The van der Waals surface area contributed by atoms with Crippen LogP contribution in [0.15, 0.2) is 30.8 Å². The maximum Gasteiger partial charge on any atom is 0.408 e. The number of esters is 1. The third-order valence-electron chi connectivity index (χ3n) is 5.39. The van der Waals surface area contributed by atoms with Crippen molar-refractivity contribution in [3.8, 4) is 0 Å². The number of methoxy groups -OCH3 is 1. The fourth-order valence-electron chi connectivity index (χ4n) is 3.69. The van der Waals surface area contributed by atoms with E-state index >= 15 is 0 Å². The maximum absolute atomic E-state index is 14.0. The van der Waals surface area contributed by atoms with Crippen molar-refractivity contribution in [1.82, 2.24) is 15.5 Å². The first-order chi connectivity index (χ1) is 17.3. The van der Waals surface area contributed by atoms with Crippen LogP contribution in [-0.2, 0) is 23.9 Å². The minimum atomic E-state index is -1.04. The van der Waals surface area contributed by atoms with Gasteiger partial charge in [-0.25, -0.2) is 4.79 Å². The molecule has 9 heteroatoms. The predicted molar refractivity (Wildman–Crippen MR) is 144 cm³/mol. The van der Waals surface area contributed by atoms with Crippen LogP contribution in [0.4, 0.5) is 4.79 Å². The molecule has 3 amide bonds. The lowest BCUT2D eigenvalue weighted by Crippen LogP contribution is -2.54. The summed E-state index contributed by atoms with van der Waals surface area (Å²) in [5.74, 6) is -1.47. The first kappa shape index (κ1) is 31.7. The third-order valence-corrected chi connectivity index (χ3v) is 5.39. The summed E-state index contributed by atoms with van der Waals surface area (Å²) in [6.07, 6.45) is 2.71. The zero-order valence-corrected chi connectivity index (χ0v) is 23.3. The number of rotatable bonds is 13. The molecule has 0 aliphatic rings. The number of nitrogens with one attached hydrogen (secondary N) is 2. The van der Waals surface area contributed by atoms with Crippen molar-refractivity contribution in [1.29, 1.82) is 0 Å². The number of benzene rings is 1. The summed E-state index contributed by atoms with van der Waals surface area (Å²) >= 11 is 0. The van der Waals surface area contributed by atoms with Crippen molar-refractivity contribution in [2.75, 3.05) is 20.2 Å². The SMILES string of the molecule is C=Cc1cccc(C(C(=O)NCC(=O)OC)N(CCCC)C(=O)C(CC(C)C)NC(=O)OC(C)(C)C)c1. The van der Waals surface area contributed by atoms with Crippen molar-refractivity contribution >= 4 is 30.0 Å². The van der Waals surface area contributed by atoms with E-state index in [0.717, 1.165) is 12.0 Å². The first-order valence-corrected chi connectivity index (χ1v) is 12.7. The molecule has 0 fully saturated rings. The molecule has 0 spiro atoms. The van der Waals surface area contributed by atoms with E-state index in [4.69, 9.17) is 4.74 Å². The largest absolute Gasteiger partial charge is 0.468 e. The molecule has 1 aromatic rings. The van der Waals surface area contributed by atoms with Gasteiger partial charge in [-0.15, -0.1) is 0 Å². The van der Waals surface area contributed by atoms with Gasteiger partial charge in [-0.3, -0.25) is 14.4 Å². The number of nitrogens with zero attached hydrogens (tertiary/aromatic N) is 1. The van der Waals surface area contributed by atoms with Gasteiger partial charge in [0.1, 0.15) is 24.2 Å². The van der Waals surface area contributed by atoms with Crippen LogP contribution < -0.4 is 10.6 Å². The molecular formula is C28H43N3O6. The van der Waals surface area contributed by atoms with Crippen molar-refractivity contribution in [2.45, 2.75) is 78.5 Å². The predicted octanol–water partition coefficient (Wildman–Crippen LogP) is 4.23. The molecular weight excluding hydrogens is 474 g/mol. The van der Waals surface area contributed by atoms with E-state index in [1.165, 1.54) is 12.0 Å². The van der Waals surface area contributed by atoms with E-state index in [1.54, 1.807) is 45.0 Å². The molecule has 2 N–H and O–H groups in total. The molecule has 1 aromatic carbocycles. The van der Waals surface area contributed by atoms with Crippen LogP contribution in [0.25, 0.3) is 6.08 Å². The molecule has 0 aliphatic heterocycles. The van der Waals surface area contributed by atoms with Crippen molar-refractivity contribution < 1.29 is 28.7 Å². The van der Waals surface area contributed by atoms with E-state index in [1.807, 2.05) is 26.8 Å².